The van der Waals surface area contributed by atoms with E-state index in [2.05, 4.69) is 5.32 Å². The average Bonchev–Trinajstić information content (AvgIpc) is 2.77. The molecule has 0 aromatic heterocycles. The number of Topliss-reactive ketones (excluding diaryl/α,β-unsaturated/α-hetero) is 1. The molecule has 1 atom stereocenters. The Hall–Kier alpha value is -2.32. The SMILES string of the molecule is CON1CCC2(CC1)NC(=O)C(c1c(C)cc(C)cc1C)([N+](=O)[O-])C2=O. The molecule has 1 spiro atoms. The van der Waals surface area contributed by atoms with Gasteiger partial charge < -0.3 is 10.2 Å². The Morgan fingerprint density at radius 3 is 2.15 bits per heavy atom. The number of hydrogen-bond acceptors (Lipinski definition) is 6. The fourth-order valence-electron chi connectivity index (χ4n) is 4.45. The molecule has 140 valence electrons. The summed E-state index contributed by atoms with van der Waals surface area (Å²) in [5.74, 6) is -1.50. The van der Waals surface area contributed by atoms with Crippen LogP contribution < -0.4 is 5.32 Å². The van der Waals surface area contributed by atoms with E-state index in [1.807, 2.05) is 6.92 Å². The Bertz CT molecular complexity index is 775. The van der Waals surface area contributed by atoms with Gasteiger partial charge in [-0.3, -0.25) is 19.7 Å². The van der Waals surface area contributed by atoms with Crippen LogP contribution >= 0.6 is 0 Å². The first-order valence-electron chi connectivity index (χ1n) is 8.58. The number of nitro groups is 1. The van der Waals surface area contributed by atoms with Crippen molar-refractivity contribution in [2.75, 3.05) is 20.2 Å². The third-order valence-corrected chi connectivity index (χ3v) is 5.59. The zero-order valence-electron chi connectivity index (χ0n) is 15.4. The van der Waals surface area contributed by atoms with E-state index in [9.17, 15) is 19.7 Å². The molecule has 0 radical (unpaired) electrons. The van der Waals surface area contributed by atoms with Gasteiger partial charge in [-0.25, -0.2) is 0 Å². The number of rotatable bonds is 3. The first kappa shape index (κ1) is 18.5. The van der Waals surface area contributed by atoms with Crippen LogP contribution in [0.1, 0.15) is 35.1 Å². The normalized spacial score (nSPS) is 25.5. The Morgan fingerprint density at radius 2 is 1.69 bits per heavy atom. The highest BCUT2D eigenvalue weighted by atomic mass is 16.7. The first-order valence-corrected chi connectivity index (χ1v) is 8.58. The van der Waals surface area contributed by atoms with Crippen LogP contribution in [0.15, 0.2) is 12.1 Å². The number of ketones is 1. The minimum Gasteiger partial charge on any atom is -0.336 e. The molecule has 2 heterocycles. The molecule has 8 heteroatoms. The zero-order valence-corrected chi connectivity index (χ0v) is 15.4. The fourth-order valence-corrected chi connectivity index (χ4v) is 4.45. The van der Waals surface area contributed by atoms with Crippen LogP contribution in [0.5, 0.6) is 0 Å². The van der Waals surface area contributed by atoms with Crippen LogP contribution in [0.4, 0.5) is 0 Å². The number of hydrogen-bond donors (Lipinski definition) is 1. The van der Waals surface area contributed by atoms with Crippen LogP contribution in [0, 0.1) is 30.9 Å². The van der Waals surface area contributed by atoms with E-state index >= 15 is 0 Å². The number of benzene rings is 1. The number of amides is 1. The number of piperidine rings is 1. The van der Waals surface area contributed by atoms with E-state index < -0.39 is 27.7 Å². The second-order valence-corrected chi connectivity index (χ2v) is 7.22. The Morgan fingerprint density at radius 1 is 1.15 bits per heavy atom. The summed E-state index contributed by atoms with van der Waals surface area (Å²) in [6, 6.07) is 3.54. The number of hydroxylamine groups is 2. The highest BCUT2D eigenvalue weighted by Crippen LogP contribution is 2.43. The summed E-state index contributed by atoms with van der Waals surface area (Å²) in [5.41, 5.74) is -1.33. The van der Waals surface area contributed by atoms with E-state index in [0.29, 0.717) is 24.2 Å². The average molecular weight is 361 g/mol. The van der Waals surface area contributed by atoms with Gasteiger partial charge in [-0.05, 0) is 44.7 Å². The van der Waals surface area contributed by atoms with Gasteiger partial charge in [0.1, 0.15) is 5.54 Å². The topological polar surface area (TPSA) is 102 Å². The van der Waals surface area contributed by atoms with Gasteiger partial charge in [0.05, 0.1) is 12.7 Å². The molecule has 1 N–H and O–H groups in total. The standard InChI is InChI=1S/C18H23N3O5/c1-11-9-12(2)14(13(3)10-11)18(21(24)25)15(22)17(19-16(18)23)5-7-20(26-4)8-6-17/h9-10H,5-8H2,1-4H3,(H,19,23). The monoisotopic (exact) mass is 361 g/mol. The van der Waals surface area contributed by atoms with Crippen molar-refractivity contribution in [3.63, 3.8) is 0 Å². The molecule has 1 amide bonds. The third-order valence-electron chi connectivity index (χ3n) is 5.59. The summed E-state index contributed by atoms with van der Waals surface area (Å²) in [6.45, 7) is 6.13. The van der Waals surface area contributed by atoms with Crippen LogP contribution in [0.3, 0.4) is 0 Å². The van der Waals surface area contributed by atoms with Crippen molar-refractivity contribution in [1.29, 1.82) is 0 Å². The minimum atomic E-state index is -2.39. The van der Waals surface area contributed by atoms with Crippen molar-refractivity contribution in [2.45, 2.75) is 44.7 Å². The number of carbonyl (C=O) groups excluding carboxylic acids is 2. The lowest BCUT2D eigenvalue weighted by atomic mass is 9.74. The quantitative estimate of drug-likeness (QED) is 0.493. The predicted octanol–water partition coefficient (Wildman–Crippen LogP) is 1.18. The number of carbonyl (C=O) groups is 2. The molecule has 1 aromatic rings. The van der Waals surface area contributed by atoms with Gasteiger partial charge in [0.25, 0.3) is 0 Å². The van der Waals surface area contributed by atoms with Crippen molar-refractivity contribution in [3.8, 4) is 0 Å². The maximum Gasteiger partial charge on any atom is 0.383 e. The van der Waals surface area contributed by atoms with Crippen LogP contribution in [-0.2, 0) is 20.0 Å². The summed E-state index contributed by atoms with van der Waals surface area (Å²) in [4.78, 5) is 43.0. The highest BCUT2D eigenvalue weighted by molar-refractivity contribution is 6.20. The van der Waals surface area contributed by atoms with Gasteiger partial charge in [0.15, 0.2) is 0 Å². The zero-order chi connectivity index (χ0) is 19.3. The van der Waals surface area contributed by atoms with E-state index in [1.54, 1.807) is 31.0 Å². The molecule has 3 rings (SSSR count). The second-order valence-electron chi connectivity index (χ2n) is 7.22. The van der Waals surface area contributed by atoms with Gasteiger partial charge in [0.2, 0.25) is 5.78 Å². The molecular weight excluding hydrogens is 338 g/mol. The van der Waals surface area contributed by atoms with E-state index in [0.717, 1.165) is 5.56 Å². The van der Waals surface area contributed by atoms with Crippen LogP contribution in [-0.4, -0.2) is 47.4 Å². The predicted molar refractivity (Wildman–Crippen MR) is 93.0 cm³/mol. The summed E-state index contributed by atoms with van der Waals surface area (Å²) in [7, 11) is 1.54. The Balaban J connectivity index is 2.16. The van der Waals surface area contributed by atoms with E-state index in [-0.39, 0.29) is 18.4 Å². The summed E-state index contributed by atoms with van der Waals surface area (Å²) < 4.78 is 0. The van der Waals surface area contributed by atoms with E-state index in [1.165, 1.54) is 7.11 Å². The summed E-state index contributed by atoms with van der Waals surface area (Å²) in [5, 5.41) is 16.5. The van der Waals surface area contributed by atoms with Crippen molar-refractivity contribution < 1.29 is 19.3 Å². The molecule has 0 aliphatic carbocycles. The van der Waals surface area contributed by atoms with Gasteiger partial charge in [-0.15, -0.1) is 0 Å². The minimum absolute atomic E-state index is 0.196. The molecule has 1 aromatic carbocycles. The number of aryl methyl sites for hydroxylation is 3. The lowest BCUT2D eigenvalue weighted by Gasteiger charge is -2.36. The molecule has 2 aliphatic heterocycles. The molecule has 0 bridgehead atoms. The molecule has 2 fully saturated rings. The molecule has 8 nitrogen and oxygen atoms in total. The van der Waals surface area contributed by atoms with Crippen LogP contribution in [0.2, 0.25) is 0 Å². The van der Waals surface area contributed by atoms with Gasteiger partial charge in [0, 0.05) is 18.0 Å². The van der Waals surface area contributed by atoms with Crippen molar-refractivity contribution in [2.24, 2.45) is 0 Å². The van der Waals surface area contributed by atoms with Gasteiger partial charge in [-0.2, -0.15) is 5.06 Å². The Labute approximate surface area is 151 Å². The fraction of sp³-hybridized carbons (Fsp3) is 0.556. The maximum absolute atomic E-state index is 13.5. The molecule has 26 heavy (non-hydrogen) atoms. The third kappa shape index (κ3) is 2.36. The van der Waals surface area contributed by atoms with Crippen molar-refractivity contribution in [3.05, 3.63) is 44.5 Å². The second kappa shape index (κ2) is 6.14. The lowest BCUT2D eigenvalue weighted by Crippen LogP contribution is -2.56. The van der Waals surface area contributed by atoms with E-state index in [4.69, 9.17) is 4.84 Å². The van der Waals surface area contributed by atoms with Crippen molar-refractivity contribution >= 4 is 11.7 Å². The lowest BCUT2D eigenvalue weighted by molar-refractivity contribution is -0.542. The van der Waals surface area contributed by atoms with Crippen molar-refractivity contribution in [1.82, 2.24) is 10.4 Å². The molecule has 2 aliphatic rings. The Kier molecular flexibility index (Phi) is 4.36. The molecular formula is C18H23N3O5. The highest BCUT2D eigenvalue weighted by Gasteiger charge is 2.73. The molecule has 2 saturated heterocycles. The largest absolute Gasteiger partial charge is 0.383 e. The van der Waals surface area contributed by atoms with Gasteiger partial charge in [-0.1, -0.05) is 17.7 Å². The van der Waals surface area contributed by atoms with Gasteiger partial charge >= 0.3 is 11.4 Å². The molecule has 0 saturated carbocycles. The molecule has 1 unspecified atom stereocenters. The summed E-state index contributed by atoms with van der Waals surface area (Å²) in [6.07, 6.45) is 0.565. The number of nitrogens with one attached hydrogen (secondary N) is 1. The first-order chi connectivity index (χ1) is 12.2. The number of nitrogens with zero attached hydrogens (tertiary/aromatic N) is 2. The summed E-state index contributed by atoms with van der Waals surface area (Å²) >= 11 is 0. The smallest absolute Gasteiger partial charge is 0.336 e. The van der Waals surface area contributed by atoms with Crippen LogP contribution in [0.25, 0.3) is 0 Å². The maximum atomic E-state index is 13.5.